The predicted molar refractivity (Wildman–Crippen MR) is 129 cm³/mol. The molecule has 2 amide bonds. The molecule has 6 nitrogen and oxygen atoms in total. The summed E-state index contributed by atoms with van der Waals surface area (Å²) in [6.45, 7) is 7.96. The second-order valence-electron chi connectivity index (χ2n) is 7.60. The van der Waals surface area contributed by atoms with Crippen LogP contribution in [-0.2, 0) is 10.2 Å². The molecule has 2 rings (SSSR count). The average molecular weight is 557 g/mol. The predicted octanol–water partition coefficient (Wildman–Crippen LogP) is 4.53. The van der Waals surface area contributed by atoms with Crippen LogP contribution in [0.25, 0.3) is 0 Å². The van der Waals surface area contributed by atoms with Crippen LogP contribution in [0.15, 0.2) is 45.3 Å². The third kappa shape index (κ3) is 7.07. The van der Waals surface area contributed by atoms with E-state index in [0.717, 1.165) is 20.1 Å². The first kappa shape index (κ1) is 24.3. The van der Waals surface area contributed by atoms with Gasteiger partial charge in [-0.3, -0.25) is 25.8 Å². The van der Waals surface area contributed by atoms with Gasteiger partial charge in [0.05, 0.1) is 0 Å². The molecule has 3 N–H and O–H groups in total. The van der Waals surface area contributed by atoms with Gasteiger partial charge >= 0.3 is 0 Å². The topological polar surface area (TPSA) is 79.5 Å². The van der Waals surface area contributed by atoms with Gasteiger partial charge in [0.15, 0.2) is 11.7 Å². The average Bonchev–Trinajstić information content (AvgIpc) is 2.64. The first-order valence-electron chi connectivity index (χ1n) is 9.06. The van der Waals surface area contributed by atoms with Crippen molar-refractivity contribution < 1.29 is 14.3 Å². The molecular formula is C21H23Br2N3O3S. The maximum absolute atomic E-state index is 12.4. The van der Waals surface area contributed by atoms with Crippen LogP contribution in [0.3, 0.4) is 0 Å². The van der Waals surface area contributed by atoms with Crippen molar-refractivity contribution in [1.29, 1.82) is 0 Å². The molecule has 2 aromatic carbocycles. The minimum Gasteiger partial charge on any atom is -0.483 e. The van der Waals surface area contributed by atoms with Crippen molar-refractivity contribution >= 4 is 61.0 Å². The highest BCUT2D eigenvalue weighted by Gasteiger charge is 2.18. The van der Waals surface area contributed by atoms with Crippen LogP contribution in [0.5, 0.6) is 5.75 Å². The van der Waals surface area contributed by atoms with Crippen molar-refractivity contribution in [2.45, 2.75) is 33.1 Å². The van der Waals surface area contributed by atoms with Crippen LogP contribution >= 0.6 is 44.1 Å². The SMILES string of the molecule is Cc1cc(Br)ccc1OCC(=O)NNC(=S)NC(=O)c1ccc(C(C)(C)C)c(Br)c1. The fraction of sp³-hybridized carbons (Fsp3) is 0.286. The Bertz CT molecular complexity index is 974. The van der Waals surface area contributed by atoms with Gasteiger partial charge < -0.3 is 4.74 Å². The minimum atomic E-state index is -0.439. The Morgan fingerprint density at radius 1 is 1.07 bits per heavy atom. The summed E-state index contributed by atoms with van der Waals surface area (Å²) in [6.07, 6.45) is 0. The Kier molecular flexibility index (Phi) is 8.40. The van der Waals surface area contributed by atoms with E-state index in [-0.39, 0.29) is 23.0 Å². The minimum absolute atomic E-state index is 0.0239. The lowest BCUT2D eigenvalue weighted by Gasteiger charge is -2.21. The van der Waals surface area contributed by atoms with Gasteiger partial charge in [-0.25, -0.2) is 0 Å². The lowest BCUT2D eigenvalue weighted by atomic mass is 9.86. The molecule has 0 spiro atoms. The summed E-state index contributed by atoms with van der Waals surface area (Å²) < 4.78 is 7.25. The molecule has 0 aliphatic carbocycles. The van der Waals surface area contributed by atoms with E-state index in [1.54, 1.807) is 18.2 Å². The lowest BCUT2D eigenvalue weighted by Crippen LogP contribution is -2.49. The third-order valence-corrected chi connectivity index (χ3v) is 5.43. The highest BCUT2D eigenvalue weighted by Crippen LogP contribution is 2.30. The summed E-state index contributed by atoms with van der Waals surface area (Å²) in [7, 11) is 0. The van der Waals surface area contributed by atoms with Gasteiger partial charge in [-0.1, -0.05) is 58.7 Å². The van der Waals surface area contributed by atoms with E-state index in [4.69, 9.17) is 17.0 Å². The number of thiocarbonyl (C=S) groups is 1. The zero-order valence-electron chi connectivity index (χ0n) is 17.1. The van der Waals surface area contributed by atoms with Gasteiger partial charge in [0, 0.05) is 14.5 Å². The summed E-state index contributed by atoms with van der Waals surface area (Å²) in [5.74, 6) is -0.218. The number of benzene rings is 2. The molecule has 9 heteroatoms. The Morgan fingerprint density at radius 3 is 2.37 bits per heavy atom. The number of rotatable bonds is 4. The van der Waals surface area contributed by atoms with Crippen LogP contribution in [-0.4, -0.2) is 23.5 Å². The molecular weight excluding hydrogens is 534 g/mol. The van der Waals surface area contributed by atoms with Gasteiger partial charge in [-0.15, -0.1) is 0 Å². The normalized spacial score (nSPS) is 10.9. The van der Waals surface area contributed by atoms with E-state index in [2.05, 4.69) is 68.8 Å². The summed E-state index contributed by atoms with van der Waals surface area (Å²) in [4.78, 5) is 24.3. The van der Waals surface area contributed by atoms with E-state index in [1.165, 1.54) is 0 Å². The number of amides is 2. The Morgan fingerprint density at radius 2 is 1.77 bits per heavy atom. The molecule has 0 fully saturated rings. The Balaban J connectivity index is 1.83. The van der Waals surface area contributed by atoms with E-state index < -0.39 is 5.91 Å². The Labute approximate surface area is 198 Å². The van der Waals surface area contributed by atoms with Crippen LogP contribution in [0.2, 0.25) is 0 Å². The van der Waals surface area contributed by atoms with E-state index in [9.17, 15) is 9.59 Å². The van der Waals surface area contributed by atoms with E-state index in [1.807, 2.05) is 25.1 Å². The van der Waals surface area contributed by atoms with E-state index in [0.29, 0.717) is 11.3 Å². The van der Waals surface area contributed by atoms with Gasteiger partial charge in [0.1, 0.15) is 5.75 Å². The lowest BCUT2D eigenvalue weighted by molar-refractivity contribution is -0.123. The zero-order valence-corrected chi connectivity index (χ0v) is 21.0. The van der Waals surface area contributed by atoms with Crippen molar-refractivity contribution in [3.05, 3.63) is 62.0 Å². The second kappa shape index (κ2) is 10.4. The fourth-order valence-corrected chi connectivity index (χ4v) is 4.14. The van der Waals surface area contributed by atoms with Crippen molar-refractivity contribution in [2.24, 2.45) is 0 Å². The van der Waals surface area contributed by atoms with Crippen molar-refractivity contribution in [2.75, 3.05) is 6.61 Å². The molecule has 0 aromatic heterocycles. The maximum atomic E-state index is 12.4. The molecule has 0 aliphatic rings. The molecule has 0 atom stereocenters. The molecule has 0 heterocycles. The highest BCUT2D eigenvalue weighted by atomic mass is 79.9. The van der Waals surface area contributed by atoms with Crippen LogP contribution in [0, 0.1) is 6.92 Å². The smallest absolute Gasteiger partial charge is 0.276 e. The zero-order chi connectivity index (χ0) is 22.5. The number of hydrogen-bond acceptors (Lipinski definition) is 4. The number of nitrogens with one attached hydrogen (secondary N) is 3. The quantitative estimate of drug-likeness (QED) is 0.381. The monoisotopic (exact) mass is 555 g/mol. The van der Waals surface area contributed by atoms with Crippen LogP contribution < -0.4 is 20.9 Å². The number of aryl methyl sites for hydroxylation is 1. The van der Waals surface area contributed by atoms with Gasteiger partial charge in [-0.2, -0.15) is 0 Å². The number of carbonyl (C=O) groups is 2. The molecule has 0 bridgehead atoms. The molecule has 0 unspecified atom stereocenters. The molecule has 0 aliphatic heterocycles. The Hall–Kier alpha value is -1.97. The van der Waals surface area contributed by atoms with E-state index >= 15 is 0 Å². The third-order valence-electron chi connectivity index (χ3n) is 4.08. The second-order valence-corrected chi connectivity index (χ2v) is 9.78. The summed E-state index contributed by atoms with van der Waals surface area (Å²) in [5, 5.41) is 2.50. The summed E-state index contributed by atoms with van der Waals surface area (Å²) in [6, 6.07) is 10.9. The molecule has 0 saturated carbocycles. The van der Waals surface area contributed by atoms with Crippen LogP contribution in [0.1, 0.15) is 42.3 Å². The number of ether oxygens (including phenoxy) is 1. The molecule has 30 heavy (non-hydrogen) atoms. The number of hydrazine groups is 1. The number of halogens is 2. The van der Waals surface area contributed by atoms with Gasteiger partial charge in [0.25, 0.3) is 11.8 Å². The van der Waals surface area contributed by atoms with Gasteiger partial charge in [0.2, 0.25) is 0 Å². The standard InChI is InChI=1S/C21H23Br2N3O3S/c1-12-9-14(22)6-8-17(12)29-11-18(27)25-26-20(30)24-19(28)13-5-7-15(16(23)10-13)21(2,3)4/h5-10H,11H2,1-4H3,(H,25,27)(H2,24,26,28,30). The fourth-order valence-electron chi connectivity index (χ4n) is 2.55. The molecule has 0 saturated heterocycles. The number of hydrogen-bond donors (Lipinski definition) is 3. The first-order valence-corrected chi connectivity index (χ1v) is 11.1. The summed E-state index contributed by atoms with van der Waals surface area (Å²) in [5.41, 5.74) is 7.27. The van der Waals surface area contributed by atoms with Gasteiger partial charge in [-0.05, 0) is 66.0 Å². The first-order chi connectivity index (χ1) is 14.0. The van der Waals surface area contributed by atoms with Crippen molar-refractivity contribution in [3.63, 3.8) is 0 Å². The van der Waals surface area contributed by atoms with Crippen LogP contribution in [0.4, 0.5) is 0 Å². The van der Waals surface area contributed by atoms with Crippen molar-refractivity contribution in [3.8, 4) is 5.75 Å². The van der Waals surface area contributed by atoms with Crippen molar-refractivity contribution in [1.82, 2.24) is 16.2 Å². The molecule has 0 radical (unpaired) electrons. The largest absolute Gasteiger partial charge is 0.483 e. The molecule has 160 valence electrons. The highest BCUT2D eigenvalue weighted by molar-refractivity contribution is 9.10. The maximum Gasteiger partial charge on any atom is 0.276 e. The summed E-state index contributed by atoms with van der Waals surface area (Å²) >= 11 is 11.9. The molecule has 2 aromatic rings. The number of carbonyl (C=O) groups excluding carboxylic acids is 2.